The van der Waals surface area contributed by atoms with Crippen LogP contribution in [0.5, 0.6) is 0 Å². The first kappa shape index (κ1) is 18.2. The van der Waals surface area contributed by atoms with E-state index in [1.165, 1.54) is 0 Å². The van der Waals surface area contributed by atoms with Crippen LogP contribution in [0, 0.1) is 5.92 Å². The minimum atomic E-state index is 0. The van der Waals surface area contributed by atoms with Crippen LogP contribution >= 0.6 is 24.0 Å². The van der Waals surface area contributed by atoms with E-state index in [0.29, 0.717) is 18.4 Å². The zero-order valence-electron chi connectivity index (χ0n) is 11.4. The molecular weight excluding hydrogens is 353 g/mol. The lowest BCUT2D eigenvalue weighted by atomic mass is 10.0. The number of para-hydroxylation sites is 1. The van der Waals surface area contributed by atoms with E-state index in [-0.39, 0.29) is 30.6 Å². The maximum atomic E-state index is 8.97. The highest BCUT2D eigenvalue weighted by Gasteiger charge is 2.06. The van der Waals surface area contributed by atoms with E-state index >= 15 is 0 Å². The Morgan fingerprint density at radius 3 is 2.58 bits per heavy atom. The molecule has 1 atom stereocenters. The Bertz CT molecular complexity index is 351. The van der Waals surface area contributed by atoms with Crippen molar-refractivity contribution in [1.29, 1.82) is 0 Å². The number of nitrogens with one attached hydrogen (secondary N) is 1. The number of rotatable bonds is 7. The molecule has 0 heterocycles. The van der Waals surface area contributed by atoms with Crippen LogP contribution in [0.15, 0.2) is 35.3 Å². The summed E-state index contributed by atoms with van der Waals surface area (Å²) in [7, 11) is 0. The van der Waals surface area contributed by atoms with Crippen LogP contribution in [0.25, 0.3) is 0 Å². The van der Waals surface area contributed by atoms with E-state index in [1.807, 2.05) is 30.3 Å². The fraction of sp³-hybridized carbons (Fsp3) is 0.500. The standard InChI is InChI=1S/C14H23N3O.HI/c1-2-6-12(9-10-18)11-16-14(15)17-13-7-4-3-5-8-13;/h3-5,7-8,12,18H,2,6,9-11H2,1H3,(H3,15,16,17);1H. The number of nitrogens with two attached hydrogens (primary N) is 1. The quantitative estimate of drug-likeness (QED) is 0.389. The average Bonchev–Trinajstić information content (AvgIpc) is 2.38. The lowest BCUT2D eigenvalue weighted by molar-refractivity contribution is 0.253. The molecule has 108 valence electrons. The Kier molecular flexibility index (Phi) is 10.6. The molecule has 0 saturated heterocycles. The van der Waals surface area contributed by atoms with Crippen LogP contribution in [-0.4, -0.2) is 24.2 Å². The molecular formula is C14H24IN3O. The van der Waals surface area contributed by atoms with Gasteiger partial charge < -0.3 is 16.2 Å². The third-order valence-corrected chi connectivity index (χ3v) is 2.80. The van der Waals surface area contributed by atoms with E-state index in [4.69, 9.17) is 10.8 Å². The van der Waals surface area contributed by atoms with Gasteiger partial charge in [-0.25, -0.2) is 0 Å². The fourth-order valence-electron chi connectivity index (χ4n) is 1.85. The Hall–Kier alpha value is -0.820. The highest BCUT2D eigenvalue weighted by Crippen LogP contribution is 2.11. The molecule has 0 radical (unpaired) electrons. The molecule has 19 heavy (non-hydrogen) atoms. The number of aliphatic hydroxyl groups is 1. The van der Waals surface area contributed by atoms with Gasteiger partial charge in [0, 0.05) is 18.8 Å². The summed E-state index contributed by atoms with van der Waals surface area (Å²) < 4.78 is 0. The lowest BCUT2D eigenvalue weighted by Gasteiger charge is -2.12. The molecule has 0 aliphatic carbocycles. The van der Waals surface area contributed by atoms with Crippen LogP contribution in [0.2, 0.25) is 0 Å². The van der Waals surface area contributed by atoms with Gasteiger partial charge >= 0.3 is 0 Å². The number of guanidine groups is 1. The molecule has 0 saturated carbocycles. The summed E-state index contributed by atoms with van der Waals surface area (Å²) in [5.41, 5.74) is 6.76. The molecule has 0 bridgehead atoms. The van der Waals surface area contributed by atoms with Gasteiger partial charge in [0.1, 0.15) is 0 Å². The topological polar surface area (TPSA) is 70.6 Å². The van der Waals surface area contributed by atoms with Crippen molar-refractivity contribution in [1.82, 2.24) is 0 Å². The molecule has 0 amide bonds. The molecule has 4 nitrogen and oxygen atoms in total. The number of aliphatic hydroxyl groups excluding tert-OH is 1. The van der Waals surface area contributed by atoms with Crippen molar-refractivity contribution in [2.75, 3.05) is 18.5 Å². The number of hydrogen-bond acceptors (Lipinski definition) is 2. The largest absolute Gasteiger partial charge is 0.396 e. The maximum absolute atomic E-state index is 8.97. The fourth-order valence-corrected chi connectivity index (χ4v) is 1.85. The van der Waals surface area contributed by atoms with Gasteiger partial charge in [-0.1, -0.05) is 31.5 Å². The van der Waals surface area contributed by atoms with Gasteiger partial charge in [-0.2, -0.15) is 0 Å². The SMILES string of the molecule is CCCC(CCO)CN=C(N)Nc1ccccc1.I. The van der Waals surface area contributed by atoms with Crippen LogP contribution in [0.3, 0.4) is 0 Å². The molecule has 0 aliphatic heterocycles. The monoisotopic (exact) mass is 377 g/mol. The maximum Gasteiger partial charge on any atom is 0.193 e. The van der Waals surface area contributed by atoms with Crippen molar-refractivity contribution < 1.29 is 5.11 Å². The minimum absolute atomic E-state index is 0. The Balaban J connectivity index is 0.00000324. The lowest BCUT2D eigenvalue weighted by Crippen LogP contribution is -2.24. The van der Waals surface area contributed by atoms with Crippen LogP contribution in [0.1, 0.15) is 26.2 Å². The number of benzene rings is 1. The smallest absolute Gasteiger partial charge is 0.193 e. The first-order valence-corrected chi connectivity index (χ1v) is 6.49. The van der Waals surface area contributed by atoms with Gasteiger partial charge in [0.05, 0.1) is 0 Å². The number of hydrogen-bond donors (Lipinski definition) is 3. The molecule has 1 unspecified atom stereocenters. The summed E-state index contributed by atoms with van der Waals surface area (Å²) in [6.07, 6.45) is 2.96. The van der Waals surface area contributed by atoms with Crippen LogP contribution in [0.4, 0.5) is 5.69 Å². The Labute approximate surface area is 132 Å². The first-order chi connectivity index (χ1) is 8.76. The third-order valence-electron chi connectivity index (χ3n) is 2.80. The second kappa shape index (κ2) is 11.0. The summed E-state index contributed by atoms with van der Waals surface area (Å²) in [6.45, 7) is 3.02. The van der Waals surface area contributed by atoms with Crippen molar-refractivity contribution in [2.45, 2.75) is 26.2 Å². The number of nitrogens with zero attached hydrogens (tertiary/aromatic N) is 1. The zero-order valence-corrected chi connectivity index (χ0v) is 13.7. The van der Waals surface area contributed by atoms with Crippen LogP contribution < -0.4 is 11.1 Å². The van der Waals surface area contributed by atoms with Gasteiger partial charge in [0.25, 0.3) is 0 Å². The van der Waals surface area contributed by atoms with Crippen molar-refractivity contribution in [2.24, 2.45) is 16.6 Å². The summed E-state index contributed by atoms with van der Waals surface area (Å²) in [5.74, 6) is 0.844. The number of anilines is 1. The minimum Gasteiger partial charge on any atom is -0.396 e. The van der Waals surface area contributed by atoms with Crippen molar-refractivity contribution in [3.05, 3.63) is 30.3 Å². The molecule has 0 spiro atoms. The predicted octanol–water partition coefficient (Wildman–Crippen LogP) is 2.83. The van der Waals surface area contributed by atoms with Gasteiger partial charge in [-0.05, 0) is 30.9 Å². The van der Waals surface area contributed by atoms with E-state index < -0.39 is 0 Å². The number of aliphatic imine (C=N–C) groups is 1. The number of halogens is 1. The Morgan fingerprint density at radius 1 is 1.32 bits per heavy atom. The average molecular weight is 377 g/mol. The van der Waals surface area contributed by atoms with Gasteiger partial charge in [0.15, 0.2) is 5.96 Å². The Morgan fingerprint density at radius 2 is 2.00 bits per heavy atom. The molecule has 0 aromatic heterocycles. The van der Waals surface area contributed by atoms with Gasteiger partial charge in [-0.3, -0.25) is 4.99 Å². The van der Waals surface area contributed by atoms with Gasteiger partial charge in [-0.15, -0.1) is 24.0 Å². The molecule has 0 fully saturated rings. The molecule has 4 N–H and O–H groups in total. The van der Waals surface area contributed by atoms with Crippen molar-refractivity contribution in [3.63, 3.8) is 0 Å². The molecule has 5 heteroatoms. The first-order valence-electron chi connectivity index (χ1n) is 6.49. The molecule has 1 aromatic carbocycles. The summed E-state index contributed by atoms with van der Waals surface area (Å²) in [5, 5.41) is 12.0. The highest BCUT2D eigenvalue weighted by atomic mass is 127. The third kappa shape index (κ3) is 8.05. The molecule has 1 aromatic rings. The van der Waals surface area contributed by atoms with Gasteiger partial charge in [0.2, 0.25) is 0 Å². The zero-order chi connectivity index (χ0) is 13.2. The summed E-state index contributed by atoms with van der Waals surface area (Å²) in [6, 6.07) is 9.73. The van der Waals surface area contributed by atoms with Crippen molar-refractivity contribution >= 4 is 35.6 Å². The second-order valence-electron chi connectivity index (χ2n) is 4.38. The summed E-state index contributed by atoms with van der Waals surface area (Å²) in [4.78, 5) is 4.33. The van der Waals surface area contributed by atoms with Crippen molar-refractivity contribution in [3.8, 4) is 0 Å². The van der Waals surface area contributed by atoms with Crippen LogP contribution in [-0.2, 0) is 0 Å². The highest BCUT2D eigenvalue weighted by molar-refractivity contribution is 14.0. The van der Waals surface area contributed by atoms with E-state index in [1.54, 1.807) is 0 Å². The van der Waals surface area contributed by atoms with E-state index in [9.17, 15) is 0 Å². The molecule has 0 aliphatic rings. The predicted molar refractivity (Wildman–Crippen MR) is 92.1 cm³/mol. The summed E-state index contributed by atoms with van der Waals surface area (Å²) >= 11 is 0. The molecule has 1 rings (SSSR count). The van der Waals surface area contributed by atoms with E-state index in [0.717, 1.165) is 24.9 Å². The van der Waals surface area contributed by atoms with E-state index in [2.05, 4.69) is 17.2 Å². The second-order valence-corrected chi connectivity index (χ2v) is 4.38. The normalized spacial score (nSPS) is 12.6.